The van der Waals surface area contributed by atoms with Gasteiger partial charge in [-0.1, -0.05) is 19.7 Å². The summed E-state index contributed by atoms with van der Waals surface area (Å²) in [4.78, 5) is 0. The Balaban J connectivity index is 2.20. The average molecular weight is 110 g/mol. The molecule has 0 aromatic rings. The van der Waals surface area contributed by atoms with Gasteiger partial charge in [0.2, 0.25) is 0 Å². The Hall–Kier alpha value is 0.0249. The lowest BCUT2D eigenvalue weighted by Crippen LogP contribution is -2.51. The zero-order valence-corrected chi connectivity index (χ0v) is 5.48. The molecule has 2 N–H and O–H groups in total. The van der Waals surface area contributed by atoms with Crippen LogP contribution in [0.15, 0.2) is 0 Å². The molecular weight excluding hydrogens is 96.9 g/mol. The van der Waals surface area contributed by atoms with E-state index in [0.717, 1.165) is 6.32 Å². The highest BCUT2D eigenvalue weighted by molar-refractivity contribution is 6.40. The molecule has 0 amide bonds. The third-order valence-electron chi connectivity index (χ3n) is 1.90. The van der Waals surface area contributed by atoms with E-state index in [2.05, 4.69) is 14.2 Å². The van der Waals surface area contributed by atoms with E-state index >= 15 is 0 Å². The molecule has 0 aromatic heterocycles. The Labute approximate surface area is 51.9 Å². The van der Waals surface area contributed by atoms with Gasteiger partial charge in [-0.15, -0.1) is 0 Å². The summed E-state index contributed by atoms with van der Waals surface area (Å²) in [5.74, 6) is 0. The van der Waals surface area contributed by atoms with Gasteiger partial charge in [-0.25, -0.2) is 0 Å². The van der Waals surface area contributed by atoms with Crippen LogP contribution in [0.3, 0.4) is 0 Å². The lowest BCUT2D eigenvalue weighted by Gasteiger charge is -2.37. The molecule has 0 atom stereocenters. The van der Waals surface area contributed by atoms with E-state index in [4.69, 9.17) is 5.73 Å². The van der Waals surface area contributed by atoms with E-state index in [0.29, 0.717) is 0 Å². The molecule has 0 spiro atoms. The van der Waals surface area contributed by atoms with Gasteiger partial charge in [-0.05, 0) is 18.3 Å². The van der Waals surface area contributed by atoms with Crippen molar-refractivity contribution in [2.24, 2.45) is 5.73 Å². The molecule has 2 heteroatoms. The Morgan fingerprint density at radius 3 is 2.38 bits per heavy atom. The molecule has 0 heterocycles. The Morgan fingerprint density at radius 2 is 2.25 bits per heavy atom. The van der Waals surface area contributed by atoms with Crippen molar-refractivity contribution in [1.82, 2.24) is 0 Å². The van der Waals surface area contributed by atoms with Crippen LogP contribution < -0.4 is 5.73 Å². The van der Waals surface area contributed by atoms with Crippen LogP contribution in [0, 0.1) is 0 Å². The standard InChI is InChI=1S/C6H13BN/c1-2-7-6(8)4-3-5-6/h2-5,8H2,1H3. The molecule has 0 saturated heterocycles. The van der Waals surface area contributed by atoms with E-state index in [1.807, 2.05) is 0 Å². The van der Waals surface area contributed by atoms with Crippen molar-refractivity contribution < 1.29 is 0 Å². The first-order chi connectivity index (χ1) is 3.77. The van der Waals surface area contributed by atoms with Crippen molar-refractivity contribution in [1.29, 1.82) is 0 Å². The Bertz CT molecular complexity index is 78.6. The molecule has 0 aliphatic heterocycles. The lowest BCUT2D eigenvalue weighted by molar-refractivity contribution is 0.357. The van der Waals surface area contributed by atoms with Crippen molar-refractivity contribution in [2.45, 2.75) is 37.9 Å². The van der Waals surface area contributed by atoms with Crippen molar-refractivity contribution in [3.8, 4) is 0 Å². The minimum Gasteiger partial charge on any atom is -0.332 e. The maximum Gasteiger partial charge on any atom is 0.136 e. The number of rotatable bonds is 2. The molecular formula is C6H13BN. The largest absolute Gasteiger partial charge is 0.332 e. The van der Waals surface area contributed by atoms with Crippen molar-refractivity contribution in [3.05, 3.63) is 0 Å². The highest BCUT2D eigenvalue weighted by Gasteiger charge is 2.31. The van der Waals surface area contributed by atoms with Crippen LogP contribution in [0.5, 0.6) is 0 Å². The second-order valence-corrected chi connectivity index (χ2v) is 2.70. The first-order valence-electron chi connectivity index (χ1n) is 3.40. The van der Waals surface area contributed by atoms with Crippen LogP contribution in [-0.2, 0) is 0 Å². The second kappa shape index (κ2) is 2.10. The highest BCUT2D eigenvalue weighted by Crippen LogP contribution is 2.28. The molecule has 1 aliphatic rings. The number of hydrogen-bond acceptors (Lipinski definition) is 1. The molecule has 1 saturated carbocycles. The van der Waals surface area contributed by atoms with E-state index in [1.54, 1.807) is 0 Å². The molecule has 1 radical (unpaired) electrons. The van der Waals surface area contributed by atoms with Gasteiger partial charge in [0, 0.05) is 0 Å². The zero-order valence-electron chi connectivity index (χ0n) is 5.48. The summed E-state index contributed by atoms with van der Waals surface area (Å²) in [6.45, 7) is 2.15. The monoisotopic (exact) mass is 110 g/mol. The predicted molar refractivity (Wildman–Crippen MR) is 37.0 cm³/mol. The van der Waals surface area contributed by atoms with Gasteiger partial charge in [0.25, 0.3) is 0 Å². The molecule has 1 rings (SSSR count). The first-order valence-corrected chi connectivity index (χ1v) is 3.40. The minimum atomic E-state index is 0.148. The molecule has 0 aromatic carbocycles. The summed E-state index contributed by atoms with van der Waals surface area (Å²) in [7, 11) is 2.23. The zero-order chi connectivity index (χ0) is 6.04. The van der Waals surface area contributed by atoms with Crippen molar-refractivity contribution in [2.75, 3.05) is 0 Å². The summed E-state index contributed by atoms with van der Waals surface area (Å²) >= 11 is 0. The minimum absolute atomic E-state index is 0.148. The van der Waals surface area contributed by atoms with Gasteiger partial charge in [-0.2, -0.15) is 0 Å². The van der Waals surface area contributed by atoms with Gasteiger partial charge < -0.3 is 5.73 Å². The molecule has 0 unspecified atom stereocenters. The van der Waals surface area contributed by atoms with Gasteiger partial charge >= 0.3 is 0 Å². The van der Waals surface area contributed by atoms with E-state index in [-0.39, 0.29) is 5.44 Å². The first kappa shape index (κ1) is 6.15. The van der Waals surface area contributed by atoms with Crippen molar-refractivity contribution in [3.63, 3.8) is 0 Å². The summed E-state index contributed by atoms with van der Waals surface area (Å²) in [6.07, 6.45) is 4.87. The third kappa shape index (κ3) is 1.05. The maximum absolute atomic E-state index is 5.86. The van der Waals surface area contributed by atoms with Crippen molar-refractivity contribution >= 4 is 7.28 Å². The molecule has 1 aliphatic carbocycles. The van der Waals surface area contributed by atoms with Crippen LogP contribution >= 0.6 is 0 Å². The summed E-state index contributed by atoms with van der Waals surface area (Å²) in [6, 6.07) is 0. The number of hydrogen-bond donors (Lipinski definition) is 1. The number of nitrogens with two attached hydrogens (primary N) is 1. The van der Waals surface area contributed by atoms with E-state index in [1.165, 1.54) is 19.3 Å². The Morgan fingerprint density at radius 1 is 1.62 bits per heavy atom. The smallest absolute Gasteiger partial charge is 0.136 e. The van der Waals surface area contributed by atoms with Crippen LogP contribution in [0.4, 0.5) is 0 Å². The predicted octanol–water partition coefficient (Wildman–Crippen LogP) is 0.968. The van der Waals surface area contributed by atoms with Crippen LogP contribution in [0.2, 0.25) is 6.32 Å². The average Bonchev–Trinajstić information content (AvgIpc) is 1.64. The van der Waals surface area contributed by atoms with Crippen LogP contribution in [-0.4, -0.2) is 12.7 Å². The van der Waals surface area contributed by atoms with Crippen LogP contribution in [0.1, 0.15) is 26.2 Å². The normalized spacial score (nSPS) is 24.2. The molecule has 8 heavy (non-hydrogen) atoms. The maximum atomic E-state index is 5.86. The third-order valence-corrected chi connectivity index (χ3v) is 1.90. The fourth-order valence-electron chi connectivity index (χ4n) is 1.20. The quantitative estimate of drug-likeness (QED) is 0.526. The molecule has 1 nitrogen and oxygen atoms in total. The van der Waals surface area contributed by atoms with E-state index in [9.17, 15) is 0 Å². The lowest BCUT2D eigenvalue weighted by atomic mass is 9.48. The summed E-state index contributed by atoms with van der Waals surface area (Å²) < 4.78 is 0. The molecule has 0 bridgehead atoms. The van der Waals surface area contributed by atoms with Gasteiger partial charge in [0.15, 0.2) is 0 Å². The van der Waals surface area contributed by atoms with Gasteiger partial charge in [0.1, 0.15) is 7.28 Å². The SMILES string of the molecule is CC[B]C1(N)CCC1. The van der Waals surface area contributed by atoms with Gasteiger partial charge in [0.05, 0.1) is 0 Å². The fraction of sp³-hybridized carbons (Fsp3) is 1.00. The topological polar surface area (TPSA) is 26.0 Å². The summed E-state index contributed by atoms with van der Waals surface area (Å²) in [5, 5.41) is 0. The molecule has 45 valence electrons. The summed E-state index contributed by atoms with van der Waals surface area (Å²) in [5.41, 5.74) is 6.01. The van der Waals surface area contributed by atoms with E-state index < -0.39 is 0 Å². The highest BCUT2D eigenvalue weighted by atomic mass is 14.7. The second-order valence-electron chi connectivity index (χ2n) is 2.70. The van der Waals surface area contributed by atoms with Crippen LogP contribution in [0.25, 0.3) is 0 Å². The molecule has 1 fully saturated rings. The fourth-order valence-corrected chi connectivity index (χ4v) is 1.20. The Kier molecular flexibility index (Phi) is 1.61. The van der Waals surface area contributed by atoms with Gasteiger partial charge in [-0.3, -0.25) is 0 Å².